The van der Waals surface area contributed by atoms with Gasteiger partial charge < -0.3 is 10.5 Å². The summed E-state index contributed by atoms with van der Waals surface area (Å²) in [6.07, 6.45) is 1.09. The molecule has 0 saturated carbocycles. The molecule has 1 fully saturated rings. The number of rotatable bonds is 4. The Balaban J connectivity index is 1.52. The molecule has 3 nitrogen and oxygen atoms in total. The number of hydrogen-bond donors (Lipinski definition) is 1. The van der Waals surface area contributed by atoms with Crippen LogP contribution in [0.25, 0.3) is 10.8 Å². The van der Waals surface area contributed by atoms with Crippen LogP contribution in [0.1, 0.15) is 13.3 Å². The maximum absolute atomic E-state index is 6.06. The Morgan fingerprint density at radius 1 is 1.19 bits per heavy atom. The van der Waals surface area contributed by atoms with Gasteiger partial charge in [-0.15, -0.1) is 0 Å². The lowest BCUT2D eigenvalue weighted by molar-refractivity contribution is 0.140. The molecule has 2 unspecified atom stereocenters. The Morgan fingerprint density at radius 3 is 2.81 bits per heavy atom. The van der Waals surface area contributed by atoms with E-state index < -0.39 is 0 Å². The fourth-order valence-electron chi connectivity index (χ4n) is 3.00. The van der Waals surface area contributed by atoms with E-state index in [2.05, 4.69) is 54.3 Å². The third-order valence-electron chi connectivity index (χ3n) is 4.45. The van der Waals surface area contributed by atoms with Crippen molar-refractivity contribution in [3.63, 3.8) is 0 Å². The van der Waals surface area contributed by atoms with Gasteiger partial charge in [-0.05, 0) is 41.8 Å². The number of fused-ring (bicyclic) bond motifs is 1. The van der Waals surface area contributed by atoms with Gasteiger partial charge in [-0.3, -0.25) is 4.90 Å². The largest absolute Gasteiger partial charge is 0.492 e. The van der Waals surface area contributed by atoms with Crippen LogP contribution in [-0.2, 0) is 0 Å². The predicted molar refractivity (Wildman–Crippen MR) is 87.6 cm³/mol. The van der Waals surface area contributed by atoms with Crippen LogP contribution in [0.5, 0.6) is 5.75 Å². The molecule has 2 N–H and O–H groups in total. The first-order valence-electron chi connectivity index (χ1n) is 7.82. The molecule has 0 amide bonds. The molecule has 1 saturated heterocycles. The third-order valence-corrected chi connectivity index (χ3v) is 4.45. The van der Waals surface area contributed by atoms with E-state index in [1.54, 1.807) is 0 Å². The molecule has 3 rings (SSSR count). The summed E-state index contributed by atoms with van der Waals surface area (Å²) in [4.78, 5) is 2.45. The van der Waals surface area contributed by atoms with Crippen LogP contribution in [0.3, 0.4) is 0 Å². The Kier molecular flexibility index (Phi) is 4.42. The summed E-state index contributed by atoms with van der Waals surface area (Å²) in [5.41, 5.74) is 6.06. The molecular formula is C18H24N2O. The first-order valence-corrected chi connectivity index (χ1v) is 7.82. The van der Waals surface area contributed by atoms with E-state index in [1.807, 2.05) is 0 Å². The second-order valence-corrected chi connectivity index (χ2v) is 6.09. The number of ether oxygens (including phenoxy) is 1. The van der Waals surface area contributed by atoms with Crippen LogP contribution in [0.2, 0.25) is 0 Å². The van der Waals surface area contributed by atoms with Crippen LogP contribution in [-0.4, -0.2) is 37.2 Å². The Labute approximate surface area is 126 Å². The Hall–Kier alpha value is -1.58. The molecule has 2 atom stereocenters. The highest BCUT2D eigenvalue weighted by Gasteiger charge is 2.22. The zero-order valence-electron chi connectivity index (χ0n) is 12.7. The van der Waals surface area contributed by atoms with Crippen LogP contribution >= 0.6 is 0 Å². The zero-order chi connectivity index (χ0) is 14.7. The quantitative estimate of drug-likeness (QED) is 0.938. The van der Waals surface area contributed by atoms with Crippen LogP contribution < -0.4 is 10.5 Å². The molecule has 0 aliphatic carbocycles. The van der Waals surface area contributed by atoms with Gasteiger partial charge in [0.05, 0.1) is 0 Å². The minimum absolute atomic E-state index is 0.364. The van der Waals surface area contributed by atoms with Gasteiger partial charge in [-0.1, -0.05) is 37.3 Å². The molecule has 0 radical (unpaired) electrons. The van der Waals surface area contributed by atoms with E-state index in [1.165, 1.54) is 10.8 Å². The van der Waals surface area contributed by atoms with Gasteiger partial charge in [0.2, 0.25) is 0 Å². The van der Waals surface area contributed by atoms with Crippen molar-refractivity contribution in [2.75, 3.05) is 26.2 Å². The summed E-state index contributed by atoms with van der Waals surface area (Å²) >= 11 is 0. The van der Waals surface area contributed by atoms with Gasteiger partial charge in [-0.25, -0.2) is 0 Å². The average molecular weight is 284 g/mol. The van der Waals surface area contributed by atoms with Crippen LogP contribution in [0.15, 0.2) is 42.5 Å². The highest BCUT2D eigenvalue weighted by Crippen LogP contribution is 2.20. The third kappa shape index (κ3) is 3.55. The molecule has 0 bridgehead atoms. The number of piperidine rings is 1. The fraction of sp³-hybridized carbons (Fsp3) is 0.444. The minimum Gasteiger partial charge on any atom is -0.492 e. The number of likely N-dealkylation sites (tertiary alicyclic amines) is 1. The standard InChI is InChI=1S/C18H24N2O/c1-14-13-20(9-8-18(14)19)10-11-21-17-7-6-15-4-2-3-5-16(15)12-17/h2-7,12,14,18H,8-11,13,19H2,1H3. The summed E-state index contributed by atoms with van der Waals surface area (Å²) in [6.45, 7) is 6.13. The van der Waals surface area contributed by atoms with E-state index in [4.69, 9.17) is 10.5 Å². The van der Waals surface area contributed by atoms with Crippen molar-refractivity contribution in [2.45, 2.75) is 19.4 Å². The number of nitrogens with two attached hydrogens (primary N) is 1. The van der Waals surface area contributed by atoms with Crippen molar-refractivity contribution < 1.29 is 4.74 Å². The van der Waals surface area contributed by atoms with Crippen molar-refractivity contribution in [1.82, 2.24) is 4.90 Å². The summed E-state index contributed by atoms with van der Waals surface area (Å²) in [7, 11) is 0. The molecule has 21 heavy (non-hydrogen) atoms. The van der Waals surface area contributed by atoms with E-state index in [9.17, 15) is 0 Å². The second kappa shape index (κ2) is 6.46. The van der Waals surface area contributed by atoms with E-state index >= 15 is 0 Å². The Morgan fingerprint density at radius 2 is 2.00 bits per heavy atom. The molecule has 3 heteroatoms. The molecule has 2 aromatic rings. The first-order chi connectivity index (χ1) is 10.2. The molecular weight excluding hydrogens is 260 g/mol. The van der Waals surface area contributed by atoms with Gasteiger partial charge in [0.1, 0.15) is 12.4 Å². The average Bonchev–Trinajstić information content (AvgIpc) is 2.51. The van der Waals surface area contributed by atoms with Crippen molar-refractivity contribution in [1.29, 1.82) is 0 Å². The maximum Gasteiger partial charge on any atom is 0.120 e. The fourth-order valence-corrected chi connectivity index (χ4v) is 3.00. The van der Waals surface area contributed by atoms with Gasteiger partial charge in [0.15, 0.2) is 0 Å². The summed E-state index contributed by atoms with van der Waals surface area (Å²) in [6, 6.07) is 15.0. The SMILES string of the molecule is CC1CN(CCOc2ccc3ccccc3c2)CCC1N. The lowest BCUT2D eigenvalue weighted by Gasteiger charge is -2.34. The molecule has 1 aliphatic heterocycles. The molecule has 2 aromatic carbocycles. The number of benzene rings is 2. The van der Waals surface area contributed by atoms with E-state index in [-0.39, 0.29) is 0 Å². The van der Waals surface area contributed by atoms with Gasteiger partial charge in [0.25, 0.3) is 0 Å². The normalized spacial score (nSPS) is 23.3. The highest BCUT2D eigenvalue weighted by atomic mass is 16.5. The van der Waals surface area contributed by atoms with Crippen LogP contribution in [0.4, 0.5) is 0 Å². The predicted octanol–water partition coefficient (Wildman–Crippen LogP) is 2.89. The van der Waals surface area contributed by atoms with Gasteiger partial charge in [-0.2, -0.15) is 0 Å². The maximum atomic E-state index is 6.06. The number of hydrogen-bond acceptors (Lipinski definition) is 3. The minimum atomic E-state index is 0.364. The second-order valence-electron chi connectivity index (χ2n) is 6.09. The van der Waals surface area contributed by atoms with Crippen molar-refractivity contribution >= 4 is 10.8 Å². The summed E-state index contributed by atoms with van der Waals surface area (Å²) in [5.74, 6) is 1.54. The molecule has 112 valence electrons. The van der Waals surface area contributed by atoms with Gasteiger partial charge >= 0.3 is 0 Å². The molecule has 1 heterocycles. The zero-order valence-corrected chi connectivity index (χ0v) is 12.7. The van der Waals surface area contributed by atoms with Crippen molar-refractivity contribution in [3.8, 4) is 5.75 Å². The monoisotopic (exact) mass is 284 g/mol. The number of nitrogens with zero attached hydrogens (tertiary/aromatic N) is 1. The molecule has 0 aromatic heterocycles. The molecule has 0 spiro atoms. The van der Waals surface area contributed by atoms with Crippen LogP contribution in [0, 0.1) is 5.92 Å². The smallest absolute Gasteiger partial charge is 0.120 e. The van der Waals surface area contributed by atoms with E-state index in [0.29, 0.717) is 12.0 Å². The van der Waals surface area contributed by atoms with Crippen molar-refractivity contribution in [3.05, 3.63) is 42.5 Å². The lowest BCUT2D eigenvalue weighted by Crippen LogP contribution is -2.46. The van der Waals surface area contributed by atoms with Crippen molar-refractivity contribution in [2.24, 2.45) is 11.7 Å². The first kappa shape index (κ1) is 14.4. The topological polar surface area (TPSA) is 38.5 Å². The summed E-state index contributed by atoms with van der Waals surface area (Å²) < 4.78 is 5.91. The molecule has 1 aliphatic rings. The lowest BCUT2D eigenvalue weighted by atomic mass is 9.95. The summed E-state index contributed by atoms with van der Waals surface area (Å²) in [5, 5.41) is 2.48. The highest BCUT2D eigenvalue weighted by molar-refractivity contribution is 5.83. The van der Waals surface area contributed by atoms with Gasteiger partial charge in [0, 0.05) is 19.1 Å². The van der Waals surface area contributed by atoms with E-state index in [0.717, 1.165) is 38.4 Å². The Bertz CT molecular complexity index is 599.